The number of alkyl halides is 3. The highest BCUT2D eigenvalue weighted by atomic mass is 19.4. The molecule has 1 aliphatic rings. The van der Waals surface area contributed by atoms with E-state index in [9.17, 15) is 22.8 Å². The van der Waals surface area contributed by atoms with Gasteiger partial charge in [-0.05, 0) is 49.2 Å². The Morgan fingerprint density at radius 1 is 1.07 bits per heavy atom. The SMILES string of the molecule is COC(=O)C1CC(C)N(C(=O)c2ccc(C(F)(F)F)cc2)c2ccccc21. The van der Waals surface area contributed by atoms with Crippen molar-refractivity contribution < 1.29 is 27.5 Å². The minimum absolute atomic E-state index is 0.154. The Bertz CT molecular complexity index is 862. The highest BCUT2D eigenvalue weighted by Gasteiger charge is 2.38. The lowest BCUT2D eigenvalue weighted by molar-refractivity contribution is -0.142. The van der Waals surface area contributed by atoms with E-state index in [2.05, 4.69) is 0 Å². The monoisotopic (exact) mass is 377 g/mol. The third kappa shape index (κ3) is 3.54. The van der Waals surface area contributed by atoms with Crippen LogP contribution in [0.15, 0.2) is 48.5 Å². The molecule has 0 saturated carbocycles. The highest BCUT2D eigenvalue weighted by Crippen LogP contribution is 2.40. The van der Waals surface area contributed by atoms with E-state index in [1.54, 1.807) is 31.2 Å². The first-order valence-corrected chi connectivity index (χ1v) is 8.41. The number of hydrogen-bond acceptors (Lipinski definition) is 3. The van der Waals surface area contributed by atoms with Gasteiger partial charge in [-0.1, -0.05) is 18.2 Å². The first-order chi connectivity index (χ1) is 12.7. The van der Waals surface area contributed by atoms with Gasteiger partial charge in [0.15, 0.2) is 0 Å². The second kappa shape index (κ2) is 7.06. The lowest BCUT2D eigenvalue weighted by Crippen LogP contribution is -2.44. The standard InChI is InChI=1S/C20H18F3NO3/c1-12-11-16(19(26)27-2)15-5-3-4-6-17(15)24(12)18(25)13-7-9-14(10-8-13)20(21,22)23/h3-10,12,16H,11H2,1-2H3. The quantitative estimate of drug-likeness (QED) is 0.729. The van der Waals surface area contributed by atoms with Crippen molar-refractivity contribution in [3.63, 3.8) is 0 Å². The van der Waals surface area contributed by atoms with E-state index in [0.29, 0.717) is 17.7 Å². The zero-order valence-electron chi connectivity index (χ0n) is 14.8. The molecule has 1 amide bonds. The lowest BCUT2D eigenvalue weighted by Gasteiger charge is -2.38. The molecule has 2 aromatic carbocycles. The van der Waals surface area contributed by atoms with E-state index in [-0.39, 0.29) is 17.6 Å². The minimum atomic E-state index is -4.46. The molecule has 7 heteroatoms. The number of benzene rings is 2. The Morgan fingerprint density at radius 3 is 2.30 bits per heavy atom. The summed E-state index contributed by atoms with van der Waals surface area (Å²) in [5, 5.41) is 0. The predicted octanol–water partition coefficient (Wildman–Crippen LogP) is 4.40. The summed E-state index contributed by atoms with van der Waals surface area (Å²) in [6.45, 7) is 1.80. The van der Waals surface area contributed by atoms with Crippen LogP contribution >= 0.6 is 0 Å². The molecular weight excluding hydrogens is 359 g/mol. The molecule has 0 fully saturated rings. The molecule has 0 radical (unpaired) electrons. The van der Waals surface area contributed by atoms with Crippen LogP contribution in [0, 0.1) is 0 Å². The average molecular weight is 377 g/mol. The van der Waals surface area contributed by atoms with Gasteiger partial charge in [0.2, 0.25) is 0 Å². The summed E-state index contributed by atoms with van der Waals surface area (Å²) in [5.41, 5.74) is 0.581. The fourth-order valence-corrected chi connectivity index (χ4v) is 3.43. The van der Waals surface area contributed by atoms with Gasteiger partial charge in [0.05, 0.1) is 18.6 Å². The number of hydrogen-bond donors (Lipinski definition) is 0. The van der Waals surface area contributed by atoms with Crippen molar-refractivity contribution >= 4 is 17.6 Å². The van der Waals surface area contributed by atoms with Crippen molar-refractivity contribution in [2.45, 2.75) is 31.5 Å². The van der Waals surface area contributed by atoms with Gasteiger partial charge in [-0.3, -0.25) is 9.59 Å². The number of rotatable bonds is 2. The molecular formula is C20H18F3NO3. The zero-order valence-corrected chi connectivity index (χ0v) is 14.8. The number of methoxy groups -OCH3 is 1. The van der Waals surface area contributed by atoms with Crippen molar-refractivity contribution in [1.82, 2.24) is 0 Å². The van der Waals surface area contributed by atoms with Crippen LogP contribution in [-0.2, 0) is 15.7 Å². The largest absolute Gasteiger partial charge is 0.469 e. The van der Waals surface area contributed by atoms with E-state index >= 15 is 0 Å². The Hall–Kier alpha value is -2.83. The van der Waals surface area contributed by atoms with Crippen LogP contribution < -0.4 is 4.90 Å². The Morgan fingerprint density at radius 2 is 1.70 bits per heavy atom. The molecule has 0 spiro atoms. The maximum atomic E-state index is 13.0. The van der Waals surface area contributed by atoms with Gasteiger partial charge in [0.1, 0.15) is 0 Å². The van der Waals surface area contributed by atoms with Gasteiger partial charge in [-0.15, -0.1) is 0 Å². The van der Waals surface area contributed by atoms with E-state index in [0.717, 1.165) is 12.1 Å². The number of anilines is 1. The van der Waals surface area contributed by atoms with Gasteiger partial charge >= 0.3 is 12.1 Å². The summed E-state index contributed by atoms with van der Waals surface area (Å²) in [6, 6.07) is 10.8. The van der Waals surface area contributed by atoms with E-state index in [4.69, 9.17) is 4.74 Å². The maximum Gasteiger partial charge on any atom is 0.416 e. The second-order valence-corrected chi connectivity index (χ2v) is 6.47. The van der Waals surface area contributed by atoms with E-state index in [1.807, 2.05) is 0 Å². The number of amides is 1. The van der Waals surface area contributed by atoms with Crippen LogP contribution in [0.5, 0.6) is 0 Å². The van der Waals surface area contributed by atoms with Gasteiger partial charge in [-0.2, -0.15) is 13.2 Å². The summed E-state index contributed by atoms with van der Waals surface area (Å²) in [7, 11) is 1.31. The van der Waals surface area contributed by atoms with Crippen molar-refractivity contribution in [3.8, 4) is 0 Å². The first-order valence-electron chi connectivity index (χ1n) is 8.41. The molecule has 0 saturated heterocycles. The summed E-state index contributed by atoms with van der Waals surface area (Å²) in [5.74, 6) is -1.28. The van der Waals surface area contributed by atoms with E-state index < -0.39 is 23.6 Å². The fraction of sp³-hybridized carbons (Fsp3) is 0.300. The molecule has 2 aromatic rings. The van der Waals surface area contributed by atoms with Crippen LogP contribution in [0.1, 0.15) is 40.7 Å². The predicted molar refractivity (Wildman–Crippen MR) is 93.5 cm³/mol. The molecule has 1 heterocycles. The van der Waals surface area contributed by atoms with Crippen LogP contribution in [-0.4, -0.2) is 25.0 Å². The van der Waals surface area contributed by atoms with Gasteiger partial charge in [0.25, 0.3) is 5.91 Å². The van der Waals surface area contributed by atoms with Crippen LogP contribution in [0.2, 0.25) is 0 Å². The van der Waals surface area contributed by atoms with Gasteiger partial charge in [-0.25, -0.2) is 0 Å². The van der Waals surface area contributed by atoms with Crippen molar-refractivity contribution in [3.05, 3.63) is 65.2 Å². The van der Waals surface area contributed by atoms with Crippen molar-refractivity contribution in [2.24, 2.45) is 0 Å². The van der Waals surface area contributed by atoms with Gasteiger partial charge < -0.3 is 9.64 Å². The number of para-hydroxylation sites is 1. The molecule has 3 rings (SSSR count). The van der Waals surface area contributed by atoms with Crippen LogP contribution in [0.25, 0.3) is 0 Å². The summed E-state index contributed by atoms with van der Waals surface area (Å²) >= 11 is 0. The third-order valence-electron chi connectivity index (χ3n) is 4.75. The fourth-order valence-electron chi connectivity index (χ4n) is 3.43. The van der Waals surface area contributed by atoms with E-state index in [1.165, 1.54) is 24.1 Å². The Kier molecular flexibility index (Phi) is 4.95. The summed E-state index contributed by atoms with van der Waals surface area (Å²) in [4.78, 5) is 26.7. The summed E-state index contributed by atoms with van der Waals surface area (Å²) < 4.78 is 43.1. The third-order valence-corrected chi connectivity index (χ3v) is 4.75. The molecule has 0 aliphatic carbocycles. The van der Waals surface area contributed by atoms with Crippen LogP contribution in [0.4, 0.5) is 18.9 Å². The number of halogens is 3. The zero-order chi connectivity index (χ0) is 19.8. The Labute approximate surface area is 154 Å². The lowest BCUT2D eigenvalue weighted by atomic mass is 9.85. The molecule has 27 heavy (non-hydrogen) atoms. The Balaban J connectivity index is 1.98. The smallest absolute Gasteiger partial charge is 0.416 e. The highest BCUT2D eigenvalue weighted by molar-refractivity contribution is 6.07. The molecule has 142 valence electrons. The molecule has 2 atom stereocenters. The average Bonchev–Trinajstić information content (AvgIpc) is 2.65. The topological polar surface area (TPSA) is 46.6 Å². The van der Waals surface area contributed by atoms with Crippen molar-refractivity contribution in [2.75, 3.05) is 12.0 Å². The molecule has 4 nitrogen and oxygen atoms in total. The number of fused-ring (bicyclic) bond motifs is 1. The molecule has 1 aliphatic heterocycles. The maximum absolute atomic E-state index is 13.0. The second-order valence-electron chi connectivity index (χ2n) is 6.47. The molecule has 0 N–H and O–H groups in total. The number of carbonyl (C=O) groups is 2. The number of carbonyl (C=O) groups excluding carboxylic acids is 2. The molecule has 0 aromatic heterocycles. The number of nitrogens with zero attached hydrogens (tertiary/aromatic N) is 1. The van der Waals surface area contributed by atoms with Crippen LogP contribution in [0.3, 0.4) is 0 Å². The first kappa shape index (κ1) is 18.9. The number of esters is 1. The molecule has 2 unspecified atom stereocenters. The minimum Gasteiger partial charge on any atom is -0.469 e. The van der Waals surface area contributed by atoms with Gasteiger partial charge in [0, 0.05) is 17.3 Å². The summed E-state index contributed by atoms with van der Waals surface area (Å²) in [6.07, 6.45) is -4.09. The van der Waals surface area contributed by atoms with Crippen molar-refractivity contribution in [1.29, 1.82) is 0 Å². The normalized spacial score (nSPS) is 19.4. The molecule has 0 bridgehead atoms. The number of ether oxygens (including phenoxy) is 1.